The highest BCUT2D eigenvalue weighted by Crippen LogP contribution is 2.29. The lowest BCUT2D eigenvalue weighted by molar-refractivity contribution is 0.0699. The van der Waals surface area contributed by atoms with E-state index in [4.69, 9.17) is 0 Å². The first-order valence-electron chi connectivity index (χ1n) is 8.76. The monoisotopic (exact) mass is 464 g/mol. The Morgan fingerprint density at radius 1 is 1.03 bits per heavy atom. The first-order valence-corrected chi connectivity index (χ1v) is 10.4. The Morgan fingerprint density at radius 3 is 2.66 bits per heavy atom. The summed E-state index contributed by atoms with van der Waals surface area (Å²) in [5, 5.41) is 15.7. The lowest BCUT2D eigenvalue weighted by Crippen LogP contribution is -2.01. The van der Waals surface area contributed by atoms with E-state index in [2.05, 4.69) is 31.0 Å². The largest absolute Gasteiger partial charge is 0.478 e. The van der Waals surface area contributed by atoms with Gasteiger partial charge in [0.05, 0.1) is 27.0 Å². The number of rotatable bonds is 3. The van der Waals surface area contributed by atoms with Gasteiger partial charge in [0.15, 0.2) is 0 Å². The molecule has 142 valence electrons. The minimum atomic E-state index is -1.00. The van der Waals surface area contributed by atoms with Crippen molar-refractivity contribution in [2.75, 3.05) is 0 Å². The maximum absolute atomic E-state index is 11.8. The van der Waals surface area contributed by atoms with Gasteiger partial charge in [0.2, 0.25) is 5.13 Å². The second kappa shape index (κ2) is 6.75. The van der Waals surface area contributed by atoms with Gasteiger partial charge in [-0.05, 0) is 49.4 Å². The number of carboxylic acids is 1. The number of thiazole rings is 1. The third kappa shape index (κ3) is 3.10. The van der Waals surface area contributed by atoms with Crippen molar-refractivity contribution in [3.8, 4) is 16.5 Å². The van der Waals surface area contributed by atoms with Crippen LogP contribution in [0, 0.1) is 6.92 Å². The highest BCUT2D eigenvalue weighted by Gasteiger charge is 2.17. The van der Waals surface area contributed by atoms with Gasteiger partial charge in [0, 0.05) is 15.6 Å². The molecule has 0 bridgehead atoms. The van der Waals surface area contributed by atoms with Gasteiger partial charge >= 0.3 is 5.97 Å². The predicted octanol–water partition coefficient (Wildman–Crippen LogP) is 5.47. The van der Waals surface area contributed by atoms with E-state index in [-0.39, 0.29) is 5.56 Å². The molecule has 5 rings (SSSR count). The average Bonchev–Trinajstić information content (AvgIpc) is 3.30. The van der Waals surface area contributed by atoms with Crippen molar-refractivity contribution in [2.24, 2.45) is 0 Å². The van der Waals surface area contributed by atoms with Crippen molar-refractivity contribution >= 4 is 54.4 Å². The molecule has 0 radical (unpaired) electrons. The fraction of sp³-hybridized carbons (Fsp3) is 0.0476. The van der Waals surface area contributed by atoms with E-state index < -0.39 is 5.97 Å². The number of halogens is 1. The van der Waals surface area contributed by atoms with Crippen molar-refractivity contribution in [3.05, 3.63) is 70.3 Å². The standard InChI is InChI=1S/C21H13BrN4O2S/c1-11-8-18(25-26(11)21-24-16-4-2-3-5-19(16)29-21)17-10-14(20(27)28)13-9-12(22)6-7-15(13)23-17/h2-10H,1H3,(H,27,28). The van der Waals surface area contributed by atoms with Crippen LogP contribution in [0.3, 0.4) is 0 Å². The summed E-state index contributed by atoms with van der Waals surface area (Å²) < 4.78 is 3.66. The van der Waals surface area contributed by atoms with Crippen LogP contribution in [0.1, 0.15) is 16.1 Å². The number of hydrogen-bond acceptors (Lipinski definition) is 5. The summed E-state index contributed by atoms with van der Waals surface area (Å²) in [6.07, 6.45) is 0. The molecule has 0 saturated carbocycles. The fourth-order valence-electron chi connectivity index (χ4n) is 3.25. The lowest BCUT2D eigenvalue weighted by atomic mass is 10.1. The maximum Gasteiger partial charge on any atom is 0.336 e. The second-order valence-electron chi connectivity index (χ2n) is 6.57. The number of nitrogens with zero attached hydrogens (tertiary/aromatic N) is 4. The molecule has 0 aliphatic rings. The van der Waals surface area contributed by atoms with Crippen LogP contribution in [0.15, 0.2) is 59.1 Å². The van der Waals surface area contributed by atoms with Gasteiger partial charge in [0.25, 0.3) is 0 Å². The number of para-hydroxylation sites is 1. The molecule has 0 unspecified atom stereocenters. The van der Waals surface area contributed by atoms with E-state index in [1.165, 1.54) is 0 Å². The number of fused-ring (bicyclic) bond motifs is 2. The van der Waals surface area contributed by atoms with Gasteiger partial charge in [-0.15, -0.1) is 0 Å². The molecule has 0 amide bonds. The number of benzene rings is 2. The molecule has 3 heterocycles. The molecule has 0 aliphatic carbocycles. The highest BCUT2D eigenvalue weighted by atomic mass is 79.9. The lowest BCUT2D eigenvalue weighted by Gasteiger charge is -2.06. The Morgan fingerprint density at radius 2 is 1.86 bits per heavy atom. The molecule has 0 saturated heterocycles. The van der Waals surface area contributed by atoms with Crippen LogP contribution in [-0.4, -0.2) is 30.8 Å². The van der Waals surface area contributed by atoms with Crippen molar-refractivity contribution in [3.63, 3.8) is 0 Å². The van der Waals surface area contributed by atoms with Gasteiger partial charge in [-0.2, -0.15) is 5.10 Å². The van der Waals surface area contributed by atoms with Gasteiger partial charge < -0.3 is 5.11 Å². The van der Waals surface area contributed by atoms with E-state index in [9.17, 15) is 9.90 Å². The zero-order chi connectivity index (χ0) is 20.1. The molecule has 0 fully saturated rings. The van der Waals surface area contributed by atoms with Gasteiger partial charge in [0.1, 0.15) is 5.69 Å². The molecule has 0 atom stereocenters. The Hall–Kier alpha value is -3.10. The van der Waals surface area contributed by atoms with E-state index in [0.29, 0.717) is 22.3 Å². The zero-order valence-corrected chi connectivity index (χ0v) is 17.5. The van der Waals surface area contributed by atoms with Crippen LogP contribution in [0.4, 0.5) is 0 Å². The minimum absolute atomic E-state index is 0.193. The van der Waals surface area contributed by atoms with Crippen molar-refractivity contribution in [1.82, 2.24) is 19.7 Å². The molecular formula is C21H13BrN4O2S. The molecule has 2 aromatic carbocycles. The van der Waals surface area contributed by atoms with Crippen LogP contribution in [-0.2, 0) is 0 Å². The summed E-state index contributed by atoms with van der Waals surface area (Å²) in [7, 11) is 0. The average molecular weight is 465 g/mol. The molecule has 0 aliphatic heterocycles. The number of pyridine rings is 1. The maximum atomic E-state index is 11.8. The van der Waals surface area contributed by atoms with E-state index in [0.717, 1.165) is 25.5 Å². The third-order valence-electron chi connectivity index (χ3n) is 4.61. The minimum Gasteiger partial charge on any atom is -0.478 e. The molecule has 0 spiro atoms. The number of aromatic nitrogens is 4. The first-order chi connectivity index (χ1) is 14.0. The van der Waals surface area contributed by atoms with Gasteiger partial charge in [-0.3, -0.25) is 0 Å². The SMILES string of the molecule is Cc1cc(-c2cc(C(=O)O)c3cc(Br)ccc3n2)nn1-c1nc2ccccc2s1. The van der Waals surface area contributed by atoms with Crippen LogP contribution in [0.5, 0.6) is 0 Å². The Bertz CT molecular complexity index is 1390. The summed E-state index contributed by atoms with van der Waals surface area (Å²) in [6, 6.07) is 16.8. The number of carbonyl (C=O) groups is 1. The molecule has 1 N–H and O–H groups in total. The van der Waals surface area contributed by atoms with E-state index in [1.54, 1.807) is 34.2 Å². The van der Waals surface area contributed by atoms with Crippen LogP contribution in [0.25, 0.3) is 37.6 Å². The topological polar surface area (TPSA) is 80.9 Å². The smallest absolute Gasteiger partial charge is 0.336 e. The molecule has 3 aromatic heterocycles. The molecule has 6 nitrogen and oxygen atoms in total. The first kappa shape index (κ1) is 18.0. The van der Waals surface area contributed by atoms with E-state index >= 15 is 0 Å². The number of aromatic carboxylic acids is 1. The van der Waals surface area contributed by atoms with Crippen LogP contribution >= 0.6 is 27.3 Å². The summed E-state index contributed by atoms with van der Waals surface area (Å²) >= 11 is 4.95. The summed E-state index contributed by atoms with van der Waals surface area (Å²) in [5.41, 5.74) is 3.74. The van der Waals surface area contributed by atoms with Crippen LogP contribution < -0.4 is 0 Å². The molecule has 5 aromatic rings. The Balaban J connectivity index is 1.67. The fourth-order valence-corrected chi connectivity index (χ4v) is 4.59. The Kier molecular flexibility index (Phi) is 4.18. The number of hydrogen-bond donors (Lipinski definition) is 1. The third-order valence-corrected chi connectivity index (χ3v) is 6.12. The molecular weight excluding hydrogens is 452 g/mol. The van der Waals surface area contributed by atoms with Crippen molar-refractivity contribution in [2.45, 2.75) is 6.92 Å². The summed E-state index contributed by atoms with van der Waals surface area (Å²) in [4.78, 5) is 21.1. The predicted molar refractivity (Wildman–Crippen MR) is 117 cm³/mol. The highest BCUT2D eigenvalue weighted by molar-refractivity contribution is 9.10. The second-order valence-corrected chi connectivity index (χ2v) is 8.49. The quantitative estimate of drug-likeness (QED) is 0.383. The van der Waals surface area contributed by atoms with Gasteiger partial charge in [-0.1, -0.05) is 39.4 Å². The van der Waals surface area contributed by atoms with Crippen molar-refractivity contribution in [1.29, 1.82) is 0 Å². The molecule has 8 heteroatoms. The van der Waals surface area contributed by atoms with Crippen LogP contribution in [0.2, 0.25) is 0 Å². The zero-order valence-electron chi connectivity index (χ0n) is 15.1. The van der Waals surface area contributed by atoms with Gasteiger partial charge in [-0.25, -0.2) is 19.4 Å². The number of carboxylic acid groups (broad SMARTS) is 1. The molecule has 29 heavy (non-hydrogen) atoms. The number of aryl methyl sites for hydroxylation is 1. The summed E-state index contributed by atoms with van der Waals surface area (Å²) in [6.45, 7) is 1.94. The van der Waals surface area contributed by atoms with Crippen molar-refractivity contribution < 1.29 is 9.90 Å². The Labute approximate surface area is 177 Å². The normalized spacial score (nSPS) is 11.4. The summed E-state index contributed by atoms with van der Waals surface area (Å²) in [5.74, 6) is -1.00. The van der Waals surface area contributed by atoms with E-state index in [1.807, 2.05) is 43.3 Å².